The number of hydrogen-bond donors (Lipinski definition) is 0. The van der Waals surface area contributed by atoms with Gasteiger partial charge in [0, 0.05) is 5.57 Å². The lowest BCUT2D eigenvalue weighted by molar-refractivity contribution is -0.122. The first kappa shape index (κ1) is 8.27. The van der Waals surface area contributed by atoms with Gasteiger partial charge in [-0.3, -0.25) is 9.69 Å². The molecule has 0 aromatic heterocycles. The molecule has 0 saturated carbocycles. The van der Waals surface area contributed by atoms with E-state index < -0.39 is 0 Å². The van der Waals surface area contributed by atoms with Gasteiger partial charge in [-0.2, -0.15) is 0 Å². The molecule has 0 aromatic rings. The molecule has 62 valence electrons. The van der Waals surface area contributed by atoms with Gasteiger partial charge in [-0.05, 0) is 21.0 Å². The molecule has 1 saturated heterocycles. The lowest BCUT2D eigenvalue weighted by atomic mass is 10.3. The Morgan fingerprint density at radius 2 is 2.18 bits per heavy atom. The van der Waals surface area contributed by atoms with E-state index in [9.17, 15) is 4.79 Å². The maximum absolute atomic E-state index is 11.2. The fourth-order valence-electron chi connectivity index (χ4n) is 1.03. The highest BCUT2D eigenvalue weighted by atomic mass is 16.2. The molecule has 3 heteroatoms. The van der Waals surface area contributed by atoms with E-state index in [0.29, 0.717) is 11.7 Å². The third kappa shape index (κ3) is 1.60. The molecule has 1 heterocycles. The van der Waals surface area contributed by atoms with Crippen LogP contribution in [0.1, 0.15) is 6.92 Å². The zero-order valence-electron chi connectivity index (χ0n) is 7.29. The summed E-state index contributed by atoms with van der Waals surface area (Å²) in [5, 5.41) is 0. The molecule has 0 aromatic carbocycles. The van der Waals surface area contributed by atoms with Crippen LogP contribution in [0.4, 0.5) is 0 Å². The van der Waals surface area contributed by atoms with Gasteiger partial charge in [0.2, 0.25) is 5.91 Å². The summed E-state index contributed by atoms with van der Waals surface area (Å²) in [7, 11) is 3.94. The summed E-state index contributed by atoms with van der Waals surface area (Å²) in [5.41, 5.74) is 0.620. The van der Waals surface area contributed by atoms with Crippen molar-refractivity contribution in [3.8, 4) is 0 Å². The van der Waals surface area contributed by atoms with Crippen molar-refractivity contribution >= 4 is 5.91 Å². The highest BCUT2D eigenvalue weighted by Gasteiger charge is 2.39. The molecule has 0 aliphatic carbocycles. The largest absolute Gasteiger partial charge is 0.318 e. The molecule has 1 atom stereocenters. The van der Waals surface area contributed by atoms with Crippen LogP contribution < -0.4 is 0 Å². The molecule has 1 fully saturated rings. The second kappa shape index (κ2) is 2.66. The minimum Gasteiger partial charge on any atom is -0.318 e. The zero-order valence-corrected chi connectivity index (χ0v) is 7.29. The van der Waals surface area contributed by atoms with Crippen molar-refractivity contribution in [2.24, 2.45) is 0 Å². The average molecular weight is 154 g/mol. The van der Waals surface area contributed by atoms with Gasteiger partial charge in [0.05, 0.1) is 6.54 Å². The van der Waals surface area contributed by atoms with Crippen molar-refractivity contribution in [2.45, 2.75) is 13.1 Å². The van der Waals surface area contributed by atoms with Gasteiger partial charge in [0.25, 0.3) is 0 Å². The predicted molar refractivity (Wildman–Crippen MR) is 44.0 cm³/mol. The van der Waals surface area contributed by atoms with Crippen molar-refractivity contribution in [1.82, 2.24) is 9.80 Å². The molecule has 0 bridgehead atoms. The van der Waals surface area contributed by atoms with Crippen molar-refractivity contribution in [3.63, 3.8) is 0 Å². The Morgan fingerprint density at radius 3 is 2.45 bits per heavy atom. The highest BCUT2D eigenvalue weighted by Crippen LogP contribution is 2.20. The maximum atomic E-state index is 11.2. The summed E-state index contributed by atoms with van der Waals surface area (Å²) in [6, 6.07) is 0. The third-order valence-electron chi connectivity index (χ3n) is 1.81. The van der Waals surface area contributed by atoms with Gasteiger partial charge in [0.1, 0.15) is 6.17 Å². The average Bonchev–Trinajstić information content (AvgIpc) is 2.63. The summed E-state index contributed by atoms with van der Waals surface area (Å²) in [6.45, 7) is 6.19. The van der Waals surface area contributed by atoms with Gasteiger partial charge >= 0.3 is 0 Å². The molecular formula is C8H14N2O. The smallest absolute Gasteiger partial charge is 0.250 e. The van der Waals surface area contributed by atoms with E-state index in [1.807, 2.05) is 19.0 Å². The first-order valence-corrected chi connectivity index (χ1v) is 3.67. The molecule has 0 spiro atoms. The van der Waals surface area contributed by atoms with Gasteiger partial charge in [-0.1, -0.05) is 6.58 Å². The van der Waals surface area contributed by atoms with E-state index >= 15 is 0 Å². The molecule has 0 radical (unpaired) electrons. The summed E-state index contributed by atoms with van der Waals surface area (Å²) >= 11 is 0. The van der Waals surface area contributed by atoms with Gasteiger partial charge in [0.15, 0.2) is 0 Å². The number of carbonyl (C=O) groups excluding carboxylic acids is 1. The molecule has 1 aliphatic rings. The normalized spacial score (nSPS) is 22.2. The number of amides is 1. The lowest BCUT2D eigenvalue weighted by Crippen LogP contribution is -2.23. The summed E-state index contributed by atoms with van der Waals surface area (Å²) in [5.74, 6) is 0.0729. The number of hydrogen-bond acceptors (Lipinski definition) is 2. The van der Waals surface area contributed by atoms with Crippen LogP contribution in [0.5, 0.6) is 0 Å². The van der Waals surface area contributed by atoms with Crippen LogP contribution in [0.2, 0.25) is 0 Å². The van der Waals surface area contributed by atoms with Crippen molar-refractivity contribution in [3.05, 3.63) is 12.2 Å². The van der Waals surface area contributed by atoms with Crippen molar-refractivity contribution in [1.29, 1.82) is 0 Å². The second-order valence-electron chi connectivity index (χ2n) is 3.18. The second-order valence-corrected chi connectivity index (χ2v) is 3.18. The molecule has 0 N–H and O–H groups in total. The minimum atomic E-state index is 0.0729. The van der Waals surface area contributed by atoms with E-state index in [4.69, 9.17) is 0 Å². The molecule has 1 unspecified atom stereocenters. The number of nitrogens with zero attached hydrogens (tertiary/aromatic N) is 2. The molecule has 1 aliphatic heterocycles. The Balaban J connectivity index is 2.44. The first-order valence-electron chi connectivity index (χ1n) is 3.67. The monoisotopic (exact) mass is 154 g/mol. The van der Waals surface area contributed by atoms with Gasteiger partial charge in [-0.15, -0.1) is 0 Å². The van der Waals surface area contributed by atoms with Crippen LogP contribution in [0.15, 0.2) is 12.2 Å². The van der Waals surface area contributed by atoms with Crippen LogP contribution in [-0.2, 0) is 4.79 Å². The standard InChI is InChI=1S/C8H14N2O/c1-6(2)8(11)10-5-7(10)9(3)4/h7H,1,5H2,2-4H3. The molecular weight excluding hydrogens is 140 g/mol. The fraction of sp³-hybridized carbons (Fsp3) is 0.625. The number of carbonyl (C=O) groups is 1. The number of rotatable bonds is 2. The van der Waals surface area contributed by atoms with E-state index in [-0.39, 0.29) is 5.91 Å². The van der Waals surface area contributed by atoms with Crippen molar-refractivity contribution < 1.29 is 4.79 Å². The topological polar surface area (TPSA) is 23.3 Å². The molecule has 11 heavy (non-hydrogen) atoms. The van der Waals surface area contributed by atoms with Crippen LogP contribution in [-0.4, -0.2) is 42.5 Å². The summed E-state index contributed by atoms with van der Waals surface area (Å²) in [6.07, 6.45) is 0.305. The van der Waals surface area contributed by atoms with Crippen molar-refractivity contribution in [2.75, 3.05) is 20.6 Å². The van der Waals surface area contributed by atoms with Crippen LogP contribution in [0.25, 0.3) is 0 Å². The Hall–Kier alpha value is -0.830. The molecule has 1 amide bonds. The predicted octanol–water partition coefficient (Wildman–Crippen LogP) is 0.292. The SMILES string of the molecule is C=C(C)C(=O)N1CC1N(C)C. The quantitative estimate of drug-likeness (QED) is 0.421. The van der Waals surface area contributed by atoms with Gasteiger partial charge < -0.3 is 4.90 Å². The fourth-order valence-corrected chi connectivity index (χ4v) is 1.03. The summed E-state index contributed by atoms with van der Waals surface area (Å²) < 4.78 is 0. The van der Waals surface area contributed by atoms with Crippen LogP contribution in [0.3, 0.4) is 0 Å². The van der Waals surface area contributed by atoms with Gasteiger partial charge in [-0.25, -0.2) is 0 Å². The molecule has 3 nitrogen and oxygen atoms in total. The Morgan fingerprint density at radius 1 is 1.64 bits per heavy atom. The van der Waals surface area contributed by atoms with E-state index in [2.05, 4.69) is 6.58 Å². The van der Waals surface area contributed by atoms with E-state index in [0.717, 1.165) is 6.54 Å². The van der Waals surface area contributed by atoms with Crippen LogP contribution in [0, 0.1) is 0 Å². The van der Waals surface area contributed by atoms with E-state index in [1.165, 1.54) is 0 Å². The highest BCUT2D eigenvalue weighted by molar-refractivity contribution is 5.93. The minimum absolute atomic E-state index is 0.0729. The van der Waals surface area contributed by atoms with Crippen LogP contribution >= 0.6 is 0 Å². The Labute approximate surface area is 67.3 Å². The third-order valence-corrected chi connectivity index (χ3v) is 1.81. The summed E-state index contributed by atoms with van der Waals surface area (Å²) in [4.78, 5) is 15.0. The molecule has 1 rings (SSSR count). The zero-order chi connectivity index (χ0) is 8.59. The maximum Gasteiger partial charge on any atom is 0.250 e. The van der Waals surface area contributed by atoms with E-state index in [1.54, 1.807) is 11.8 Å². The first-order chi connectivity index (χ1) is 5.04. The lowest BCUT2D eigenvalue weighted by Gasteiger charge is -2.08. The Kier molecular flexibility index (Phi) is 2.00. The Bertz CT molecular complexity index is 198. The number of likely N-dealkylation sites (N-methyl/N-ethyl adjacent to an activating group) is 1.